The summed E-state index contributed by atoms with van der Waals surface area (Å²) in [5.74, 6) is 3.82. The van der Waals surface area contributed by atoms with Crippen molar-refractivity contribution in [1.29, 1.82) is 0 Å². The number of methoxy groups -OCH3 is 4. The molecule has 0 bridgehead atoms. The van der Waals surface area contributed by atoms with Crippen molar-refractivity contribution in [2.24, 2.45) is 11.8 Å². The molecule has 4 heteroatoms. The van der Waals surface area contributed by atoms with Gasteiger partial charge in [-0.3, -0.25) is 0 Å². The van der Waals surface area contributed by atoms with Crippen molar-refractivity contribution in [2.45, 2.75) is 11.8 Å². The third-order valence-corrected chi connectivity index (χ3v) is 6.36. The van der Waals surface area contributed by atoms with Gasteiger partial charge in [0.05, 0.1) is 28.4 Å². The molecule has 4 nitrogen and oxygen atoms in total. The molecule has 0 heterocycles. The van der Waals surface area contributed by atoms with Gasteiger partial charge in [0, 0.05) is 23.7 Å². The van der Waals surface area contributed by atoms with E-state index >= 15 is 0 Å². The SMILES string of the molecule is COc1ccc([C@@H](C2C=CC=C2)[C@@H](c2ccc(OC)c(OC)c2)C2C=CC=C2)cc1OC. The highest BCUT2D eigenvalue weighted by Gasteiger charge is 2.35. The average molecular weight is 431 g/mol. The van der Waals surface area contributed by atoms with Gasteiger partial charge < -0.3 is 18.9 Å². The highest BCUT2D eigenvalue weighted by molar-refractivity contribution is 5.49. The topological polar surface area (TPSA) is 36.9 Å². The van der Waals surface area contributed by atoms with Crippen LogP contribution in [-0.2, 0) is 0 Å². The Morgan fingerprint density at radius 1 is 0.500 bits per heavy atom. The average Bonchev–Trinajstić information content (AvgIpc) is 3.56. The Morgan fingerprint density at radius 3 is 1.16 bits per heavy atom. The highest BCUT2D eigenvalue weighted by atomic mass is 16.5. The van der Waals surface area contributed by atoms with Gasteiger partial charge >= 0.3 is 0 Å². The summed E-state index contributed by atoms with van der Waals surface area (Å²) in [6.07, 6.45) is 17.6. The van der Waals surface area contributed by atoms with Crippen LogP contribution in [0.1, 0.15) is 23.0 Å². The Bertz CT molecular complexity index is 954. The van der Waals surface area contributed by atoms with E-state index in [-0.39, 0.29) is 23.7 Å². The summed E-state index contributed by atoms with van der Waals surface area (Å²) in [6, 6.07) is 12.5. The molecule has 0 aromatic heterocycles. The standard InChI is InChI=1S/C28H30O4/c1-29-23-15-13-21(17-25(23)31-3)27(19-9-5-6-10-19)28(20-11-7-8-12-20)22-14-16-24(30-2)26(18-22)32-4/h5-20,27-28H,1-4H3/t27-,28-/m1/s1. The van der Waals surface area contributed by atoms with Crippen LogP contribution in [0.15, 0.2) is 85.0 Å². The summed E-state index contributed by atoms with van der Waals surface area (Å²) in [6.45, 7) is 0. The zero-order valence-electron chi connectivity index (χ0n) is 19.0. The third kappa shape index (κ3) is 4.18. The van der Waals surface area contributed by atoms with Gasteiger partial charge in [0.2, 0.25) is 0 Å². The second-order valence-corrected chi connectivity index (χ2v) is 7.97. The van der Waals surface area contributed by atoms with Gasteiger partial charge in [-0.2, -0.15) is 0 Å². The molecule has 4 rings (SSSR count). The van der Waals surface area contributed by atoms with Crippen LogP contribution in [0, 0.1) is 11.8 Å². The molecule has 0 unspecified atom stereocenters. The lowest BCUT2D eigenvalue weighted by Crippen LogP contribution is -2.23. The van der Waals surface area contributed by atoms with E-state index in [0.717, 1.165) is 23.0 Å². The van der Waals surface area contributed by atoms with E-state index in [2.05, 4.69) is 72.9 Å². The van der Waals surface area contributed by atoms with Gasteiger partial charge in [-0.05, 0) is 35.4 Å². The first-order valence-electron chi connectivity index (χ1n) is 10.8. The zero-order valence-corrected chi connectivity index (χ0v) is 19.0. The van der Waals surface area contributed by atoms with Crippen molar-refractivity contribution in [1.82, 2.24) is 0 Å². The van der Waals surface area contributed by atoms with E-state index in [0.29, 0.717) is 0 Å². The fourth-order valence-corrected chi connectivity index (χ4v) is 4.84. The monoisotopic (exact) mass is 430 g/mol. The first kappa shape index (κ1) is 21.8. The smallest absolute Gasteiger partial charge is 0.160 e. The fourth-order valence-electron chi connectivity index (χ4n) is 4.84. The Balaban J connectivity index is 1.87. The minimum Gasteiger partial charge on any atom is -0.493 e. The number of ether oxygens (including phenoxy) is 4. The van der Waals surface area contributed by atoms with E-state index in [9.17, 15) is 0 Å². The zero-order chi connectivity index (χ0) is 22.5. The van der Waals surface area contributed by atoms with Crippen LogP contribution in [0.3, 0.4) is 0 Å². The largest absolute Gasteiger partial charge is 0.493 e. The first-order chi connectivity index (χ1) is 15.7. The maximum absolute atomic E-state index is 5.64. The van der Waals surface area contributed by atoms with Crippen LogP contribution < -0.4 is 18.9 Å². The molecule has 32 heavy (non-hydrogen) atoms. The van der Waals surface area contributed by atoms with Gasteiger partial charge in [0.15, 0.2) is 23.0 Å². The molecule has 2 aromatic carbocycles. The van der Waals surface area contributed by atoms with Crippen molar-refractivity contribution in [2.75, 3.05) is 28.4 Å². The Labute approximate surface area is 190 Å². The molecule has 0 aliphatic heterocycles. The molecule has 166 valence electrons. The number of rotatable bonds is 9. The predicted octanol–water partition coefficient (Wildman–Crippen LogP) is 6.07. The van der Waals surface area contributed by atoms with Gasteiger partial charge in [0.1, 0.15) is 0 Å². The maximum atomic E-state index is 5.64. The summed E-state index contributed by atoms with van der Waals surface area (Å²) in [4.78, 5) is 0. The molecule has 2 aliphatic carbocycles. The molecular weight excluding hydrogens is 400 g/mol. The lowest BCUT2D eigenvalue weighted by molar-refractivity contribution is 0.350. The first-order valence-corrected chi connectivity index (χ1v) is 10.8. The van der Waals surface area contributed by atoms with Crippen LogP contribution in [0.2, 0.25) is 0 Å². The van der Waals surface area contributed by atoms with Crippen LogP contribution in [0.5, 0.6) is 23.0 Å². The van der Waals surface area contributed by atoms with Crippen molar-refractivity contribution in [3.63, 3.8) is 0 Å². The minimum absolute atomic E-state index is 0.181. The second-order valence-electron chi connectivity index (χ2n) is 7.97. The summed E-state index contributed by atoms with van der Waals surface area (Å²) >= 11 is 0. The molecule has 0 saturated carbocycles. The molecule has 2 atom stereocenters. The number of hydrogen-bond donors (Lipinski definition) is 0. The van der Waals surface area contributed by atoms with E-state index in [1.165, 1.54) is 11.1 Å². The van der Waals surface area contributed by atoms with E-state index in [4.69, 9.17) is 18.9 Å². The van der Waals surface area contributed by atoms with Crippen LogP contribution in [-0.4, -0.2) is 28.4 Å². The van der Waals surface area contributed by atoms with Crippen molar-refractivity contribution < 1.29 is 18.9 Å². The predicted molar refractivity (Wildman–Crippen MR) is 128 cm³/mol. The lowest BCUT2D eigenvalue weighted by atomic mass is 9.69. The summed E-state index contributed by atoms with van der Waals surface area (Å²) in [5.41, 5.74) is 2.41. The van der Waals surface area contributed by atoms with Gasteiger partial charge in [0.25, 0.3) is 0 Å². The normalized spacial score (nSPS) is 17.0. The fraction of sp³-hybridized carbons (Fsp3) is 0.286. The third-order valence-electron chi connectivity index (χ3n) is 6.36. The van der Waals surface area contributed by atoms with Gasteiger partial charge in [-0.1, -0.05) is 60.7 Å². The van der Waals surface area contributed by atoms with E-state index in [1.54, 1.807) is 28.4 Å². The summed E-state index contributed by atoms with van der Waals surface area (Å²) in [7, 11) is 6.69. The van der Waals surface area contributed by atoms with Crippen LogP contribution in [0.25, 0.3) is 0 Å². The van der Waals surface area contributed by atoms with Crippen LogP contribution in [0.4, 0.5) is 0 Å². The number of hydrogen-bond acceptors (Lipinski definition) is 4. The molecule has 2 aliphatic rings. The van der Waals surface area contributed by atoms with Gasteiger partial charge in [-0.25, -0.2) is 0 Å². The summed E-state index contributed by atoms with van der Waals surface area (Å²) in [5, 5.41) is 0. The molecule has 0 spiro atoms. The summed E-state index contributed by atoms with van der Waals surface area (Å²) < 4.78 is 22.3. The quantitative estimate of drug-likeness (QED) is 0.484. The Hall–Kier alpha value is -3.40. The lowest BCUT2D eigenvalue weighted by Gasteiger charge is -2.35. The molecule has 0 amide bonds. The molecule has 0 radical (unpaired) electrons. The highest BCUT2D eigenvalue weighted by Crippen LogP contribution is 2.49. The molecule has 0 N–H and O–H groups in total. The number of allylic oxidation sites excluding steroid dienone is 8. The van der Waals surface area contributed by atoms with Crippen molar-refractivity contribution in [3.05, 3.63) is 96.1 Å². The minimum atomic E-state index is 0.181. The Kier molecular flexibility index (Phi) is 6.69. The number of benzene rings is 2. The second kappa shape index (κ2) is 9.82. The molecule has 0 fully saturated rings. The van der Waals surface area contributed by atoms with Crippen molar-refractivity contribution >= 4 is 0 Å². The molecular formula is C28H30O4. The van der Waals surface area contributed by atoms with E-state index < -0.39 is 0 Å². The Morgan fingerprint density at radius 2 is 0.844 bits per heavy atom. The molecule has 0 saturated heterocycles. The maximum Gasteiger partial charge on any atom is 0.160 e. The van der Waals surface area contributed by atoms with Gasteiger partial charge in [-0.15, -0.1) is 0 Å². The van der Waals surface area contributed by atoms with Crippen molar-refractivity contribution in [3.8, 4) is 23.0 Å². The molecule has 2 aromatic rings. The van der Waals surface area contributed by atoms with Crippen LogP contribution >= 0.6 is 0 Å². The van der Waals surface area contributed by atoms with E-state index in [1.807, 2.05) is 12.1 Å².